The Hall–Kier alpha value is -2.03. The lowest BCUT2D eigenvalue weighted by molar-refractivity contribution is 0.953. The Labute approximate surface area is 110 Å². The summed E-state index contributed by atoms with van der Waals surface area (Å²) in [5.74, 6) is 0.337. The first-order valence-electron chi connectivity index (χ1n) is 5.45. The first-order chi connectivity index (χ1) is 8.83. The summed E-state index contributed by atoms with van der Waals surface area (Å²) in [4.78, 5) is 7.06. The highest BCUT2D eigenvalue weighted by atomic mass is 35.5. The predicted molar refractivity (Wildman–Crippen MR) is 72.1 cm³/mol. The van der Waals surface area contributed by atoms with E-state index in [2.05, 4.69) is 15.0 Å². The van der Waals surface area contributed by atoms with Crippen molar-refractivity contribution in [1.82, 2.24) is 4.98 Å². The van der Waals surface area contributed by atoms with Crippen LogP contribution in [0.15, 0.2) is 47.6 Å². The van der Waals surface area contributed by atoms with Crippen molar-refractivity contribution in [3.63, 3.8) is 0 Å². The molecule has 0 bridgehead atoms. The smallest absolute Gasteiger partial charge is 0.0684 e. The van der Waals surface area contributed by atoms with Gasteiger partial charge >= 0.3 is 0 Å². The van der Waals surface area contributed by atoms with Crippen molar-refractivity contribution >= 4 is 11.6 Å². The summed E-state index contributed by atoms with van der Waals surface area (Å²) in [6.45, 7) is 0.237. The molecule has 2 aromatic rings. The van der Waals surface area contributed by atoms with Crippen molar-refractivity contribution in [3.05, 3.63) is 64.3 Å². The van der Waals surface area contributed by atoms with Crippen molar-refractivity contribution in [2.24, 2.45) is 5.11 Å². The third kappa shape index (κ3) is 3.00. The minimum atomic E-state index is 0.237. The van der Waals surface area contributed by atoms with Crippen molar-refractivity contribution in [2.75, 3.05) is 0 Å². The van der Waals surface area contributed by atoms with Gasteiger partial charge in [-0.3, -0.25) is 4.98 Å². The molecule has 0 unspecified atom stereocenters. The zero-order chi connectivity index (χ0) is 12.8. The number of azide groups is 1. The minimum absolute atomic E-state index is 0.237. The van der Waals surface area contributed by atoms with Gasteiger partial charge < -0.3 is 0 Å². The molecule has 0 saturated carbocycles. The first-order valence-corrected chi connectivity index (χ1v) is 5.99. The van der Waals surface area contributed by atoms with Crippen molar-refractivity contribution in [1.29, 1.82) is 0 Å². The van der Waals surface area contributed by atoms with Gasteiger partial charge in [-0.15, -0.1) is 11.6 Å². The van der Waals surface area contributed by atoms with Crippen LogP contribution in [0.1, 0.15) is 11.4 Å². The van der Waals surface area contributed by atoms with E-state index in [0.29, 0.717) is 5.88 Å². The van der Waals surface area contributed by atoms with Crippen LogP contribution >= 0.6 is 11.6 Å². The quantitative estimate of drug-likeness (QED) is 0.349. The average molecular weight is 259 g/mol. The van der Waals surface area contributed by atoms with Gasteiger partial charge in [0.2, 0.25) is 0 Å². The second kappa shape index (κ2) is 6.05. The maximum Gasteiger partial charge on any atom is 0.0684 e. The van der Waals surface area contributed by atoms with Crippen LogP contribution in [0, 0.1) is 0 Å². The van der Waals surface area contributed by atoms with E-state index in [1.165, 1.54) is 0 Å². The summed E-state index contributed by atoms with van der Waals surface area (Å²) in [6, 6.07) is 13.8. The summed E-state index contributed by atoms with van der Waals surface area (Å²) >= 11 is 5.83. The van der Waals surface area contributed by atoms with Gasteiger partial charge in [0.1, 0.15) is 0 Å². The summed E-state index contributed by atoms with van der Waals surface area (Å²) in [6.07, 6.45) is 0. The molecular formula is C13H11ClN4. The van der Waals surface area contributed by atoms with E-state index >= 15 is 0 Å². The molecule has 0 atom stereocenters. The Kier molecular flexibility index (Phi) is 4.18. The second-order valence-corrected chi connectivity index (χ2v) is 3.99. The molecule has 0 radical (unpaired) electrons. The van der Waals surface area contributed by atoms with Crippen molar-refractivity contribution in [2.45, 2.75) is 12.4 Å². The van der Waals surface area contributed by atoms with Gasteiger partial charge in [-0.05, 0) is 28.8 Å². The molecule has 0 N–H and O–H groups in total. The molecule has 4 nitrogen and oxygen atoms in total. The van der Waals surface area contributed by atoms with Crippen LogP contribution in [-0.2, 0) is 12.4 Å². The third-order valence-electron chi connectivity index (χ3n) is 2.47. The molecule has 5 heteroatoms. The molecule has 0 amide bonds. The van der Waals surface area contributed by atoms with Gasteiger partial charge in [-0.2, -0.15) is 0 Å². The SMILES string of the molecule is [N-]=[N+]=NCc1cc(-c2ccccc2)cc(CCl)n1. The minimum Gasteiger partial charge on any atom is -0.256 e. The lowest BCUT2D eigenvalue weighted by Crippen LogP contribution is -1.94. The van der Waals surface area contributed by atoms with Crippen molar-refractivity contribution in [3.8, 4) is 11.1 Å². The standard InChI is InChI=1S/C13H11ClN4/c14-8-12-6-11(10-4-2-1-3-5-10)7-13(17-12)9-16-18-15/h1-7H,8-9H2. The molecule has 1 heterocycles. The van der Waals surface area contributed by atoms with E-state index in [0.717, 1.165) is 22.5 Å². The van der Waals surface area contributed by atoms with E-state index < -0.39 is 0 Å². The van der Waals surface area contributed by atoms with Crippen LogP contribution in [0.3, 0.4) is 0 Å². The van der Waals surface area contributed by atoms with Crippen LogP contribution in [0.4, 0.5) is 0 Å². The zero-order valence-corrected chi connectivity index (χ0v) is 10.4. The fraction of sp³-hybridized carbons (Fsp3) is 0.154. The van der Waals surface area contributed by atoms with E-state index in [4.69, 9.17) is 17.1 Å². The highest BCUT2D eigenvalue weighted by molar-refractivity contribution is 6.16. The summed E-state index contributed by atoms with van der Waals surface area (Å²) in [5.41, 5.74) is 12.0. The average Bonchev–Trinajstić information content (AvgIpc) is 2.45. The molecule has 0 saturated heterocycles. The Balaban J connectivity index is 2.44. The molecule has 2 rings (SSSR count). The molecule has 18 heavy (non-hydrogen) atoms. The van der Waals surface area contributed by atoms with Gasteiger partial charge in [0.15, 0.2) is 0 Å². The molecule has 0 aliphatic rings. The summed E-state index contributed by atoms with van der Waals surface area (Å²) in [5, 5.41) is 3.53. The second-order valence-electron chi connectivity index (χ2n) is 3.73. The van der Waals surface area contributed by atoms with Crippen molar-refractivity contribution < 1.29 is 0 Å². The molecule has 0 spiro atoms. The Morgan fingerprint density at radius 3 is 2.50 bits per heavy atom. The number of rotatable bonds is 4. The first kappa shape index (κ1) is 12.4. The molecule has 0 fully saturated rings. The Morgan fingerprint density at radius 2 is 1.83 bits per heavy atom. The van der Waals surface area contributed by atoms with Gasteiger partial charge in [-0.1, -0.05) is 35.4 Å². The van der Waals surface area contributed by atoms with Gasteiger partial charge in [-0.25, -0.2) is 0 Å². The molecule has 1 aromatic heterocycles. The Bertz CT molecular complexity index is 577. The Morgan fingerprint density at radius 1 is 1.11 bits per heavy atom. The van der Waals surface area contributed by atoms with Crippen LogP contribution < -0.4 is 0 Å². The predicted octanol–water partition coefficient (Wildman–Crippen LogP) is 4.30. The van der Waals surface area contributed by atoms with E-state index in [1.807, 2.05) is 42.5 Å². The van der Waals surface area contributed by atoms with Crippen LogP contribution in [-0.4, -0.2) is 4.98 Å². The maximum absolute atomic E-state index is 8.34. The van der Waals surface area contributed by atoms with E-state index in [1.54, 1.807) is 0 Å². The maximum atomic E-state index is 8.34. The van der Waals surface area contributed by atoms with Gasteiger partial charge in [0.25, 0.3) is 0 Å². The number of aromatic nitrogens is 1. The lowest BCUT2D eigenvalue weighted by atomic mass is 10.1. The zero-order valence-electron chi connectivity index (χ0n) is 9.62. The highest BCUT2D eigenvalue weighted by Gasteiger charge is 2.03. The van der Waals surface area contributed by atoms with E-state index in [9.17, 15) is 0 Å². The largest absolute Gasteiger partial charge is 0.256 e. The number of halogens is 1. The fourth-order valence-electron chi connectivity index (χ4n) is 1.70. The molecule has 1 aromatic carbocycles. The van der Waals surface area contributed by atoms with Gasteiger partial charge in [0, 0.05) is 10.6 Å². The number of alkyl halides is 1. The summed E-state index contributed by atoms with van der Waals surface area (Å²) in [7, 11) is 0. The number of hydrogen-bond donors (Lipinski definition) is 0. The third-order valence-corrected chi connectivity index (χ3v) is 2.75. The number of pyridine rings is 1. The van der Waals surface area contributed by atoms with Crippen LogP contribution in [0.5, 0.6) is 0 Å². The molecule has 0 aliphatic heterocycles. The summed E-state index contributed by atoms with van der Waals surface area (Å²) < 4.78 is 0. The van der Waals surface area contributed by atoms with Gasteiger partial charge in [0.05, 0.1) is 18.1 Å². The van der Waals surface area contributed by atoms with Crippen LogP contribution in [0.2, 0.25) is 0 Å². The fourth-order valence-corrected chi connectivity index (χ4v) is 1.84. The number of hydrogen-bond acceptors (Lipinski definition) is 2. The highest BCUT2D eigenvalue weighted by Crippen LogP contribution is 2.21. The topological polar surface area (TPSA) is 61.7 Å². The monoisotopic (exact) mass is 258 g/mol. The number of benzene rings is 1. The molecular weight excluding hydrogens is 248 g/mol. The lowest BCUT2D eigenvalue weighted by Gasteiger charge is -2.06. The van der Waals surface area contributed by atoms with Crippen LogP contribution in [0.25, 0.3) is 21.6 Å². The van der Waals surface area contributed by atoms with E-state index in [-0.39, 0.29) is 6.54 Å². The normalized spacial score (nSPS) is 9.83. The molecule has 90 valence electrons. The number of nitrogens with zero attached hydrogens (tertiary/aromatic N) is 4. The molecule has 0 aliphatic carbocycles.